The molecular weight excluding hydrogens is 338 g/mol. The maximum atomic E-state index is 12.4. The molecule has 1 fully saturated rings. The van der Waals surface area contributed by atoms with Crippen molar-refractivity contribution in [3.05, 3.63) is 59.2 Å². The van der Waals surface area contributed by atoms with Crippen LogP contribution in [-0.4, -0.2) is 30.7 Å². The van der Waals surface area contributed by atoms with Gasteiger partial charge in [-0.25, -0.2) is 0 Å². The molecule has 2 aliphatic rings. The molecule has 2 heterocycles. The second-order valence-electron chi connectivity index (χ2n) is 5.84. The topological polar surface area (TPSA) is 94.1 Å². The molecule has 4 rings (SSSR count). The van der Waals surface area contributed by atoms with Crippen LogP contribution >= 0.6 is 0 Å². The van der Waals surface area contributed by atoms with Gasteiger partial charge in [-0.3, -0.25) is 9.59 Å². The number of benzene rings is 2. The molecule has 0 spiro atoms. The first-order valence-corrected chi connectivity index (χ1v) is 7.91. The van der Waals surface area contributed by atoms with E-state index >= 15 is 0 Å². The number of hydrogen-bond acceptors (Lipinski definition) is 6. The van der Waals surface area contributed by atoms with Crippen LogP contribution in [0.5, 0.6) is 17.2 Å². The Kier molecular flexibility index (Phi) is 3.76. The van der Waals surface area contributed by atoms with Gasteiger partial charge < -0.3 is 24.6 Å². The van der Waals surface area contributed by atoms with E-state index in [4.69, 9.17) is 14.2 Å². The summed E-state index contributed by atoms with van der Waals surface area (Å²) in [7, 11) is 1.53. The number of ketones is 1. The maximum absolute atomic E-state index is 12.4. The van der Waals surface area contributed by atoms with Gasteiger partial charge in [0, 0.05) is 5.56 Å². The number of ether oxygens (including phenoxy) is 3. The number of fused-ring (bicyclic) bond motifs is 1. The van der Waals surface area contributed by atoms with Crippen LogP contribution in [0.4, 0.5) is 0 Å². The van der Waals surface area contributed by atoms with Gasteiger partial charge in [-0.05, 0) is 42.0 Å². The molecule has 2 aromatic rings. The lowest BCUT2D eigenvalue weighted by molar-refractivity contribution is -0.133. The zero-order valence-electron chi connectivity index (χ0n) is 13.8. The fourth-order valence-electron chi connectivity index (χ4n) is 3.01. The number of nitrogens with one attached hydrogen (secondary N) is 1. The number of aliphatic hydroxyl groups excluding tert-OH is 1. The van der Waals surface area contributed by atoms with Crippen molar-refractivity contribution in [1.82, 2.24) is 5.32 Å². The highest BCUT2D eigenvalue weighted by Crippen LogP contribution is 2.38. The van der Waals surface area contributed by atoms with Gasteiger partial charge in [-0.1, -0.05) is 6.07 Å². The normalized spacial score (nSPS) is 20.1. The van der Waals surface area contributed by atoms with Gasteiger partial charge in [-0.2, -0.15) is 0 Å². The summed E-state index contributed by atoms with van der Waals surface area (Å²) in [5.74, 6) is -0.0399. The first kappa shape index (κ1) is 16.0. The van der Waals surface area contributed by atoms with Crippen molar-refractivity contribution >= 4 is 17.4 Å². The smallest absolute Gasteiger partial charge is 0.293 e. The molecule has 0 unspecified atom stereocenters. The quantitative estimate of drug-likeness (QED) is 0.499. The predicted molar refractivity (Wildman–Crippen MR) is 91.0 cm³/mol. The van der Waals surface area contributed by atoms with Crippen LogP contribution in [0.3, 0.4) is 0 Å². The maximum Gasteiger partial charge on any atom is 0.293 e. The Morgan fingerprint density at radius 2 is 1.85 bits per heavy atom. The molecule has 0 aliphatic carbocycles. The largest absolute Gasteiger partial charge is 0.507 e. The third kappa shape index (κ3) is 2.54. The molecule has 0 radical (unpaired) electrons. The number of methoxy groups -OCH3 is 1. The van der Waals surface area contributed by atoms with Gasteiger partial charge in [-0.15, -0.1) is 0 Å². The van der Waals surface area contributed by atoms with Gasteiger partial charge in [0.05, 0.1) is 18.7 Å². The lowest BCUT2D eigenvalue weighted by Crippen LogP contribution is -2.21. The molecule has 2 aliphatic heterocycles. The van der Waals surface area contributed by atoms with E-state index in [2.05, 4.69) is 5.32 Å². The summed E-state index contributed by atoms with van der Waals surface area (Å²) in [6.45, 7) is 0.120. The highest BCUT2D eigenvalue weighted by molar-refractivity contribution is 6.46. The lowest BCUT2D eigenvalue weighted by Gasteiger charge is -2.14. The van der Waals surface area contributed by atoms with E-state index in [1.165, 1.54) is 7.11 Å². The van der Waals surface area contributed by atoms with Crippen molar-refractivity contribution in [2.45, 2.75) is 6.04 Å². The van der Waals surface area contributed by atoms with E-state index in [9.17, 15) is 14.7 Å². The zero-order chi connectivity index (χ0) is 18.3. The number of hydrogen-bond donors (Lipinski definition) is 2. The Bertz CT molecular complexity index is 932. The van der Waals surface area contributed by atoms with E-state index in [1.54, 1.807) is 42.5 Å². The monoisotopic (exact) mass is 353 g/mol. The Balaban J connectivity index is 1.78. The summed E-state index contributed by atoms with van der Waals surface area (Å²) >= 11 is 0. The van der Waals surface area contributed by atoms with Gasteiger partial charge in [0.25, 0.3) is 11.7 Å². The molecule has 7 heteroatoms. The number of aliphatic hydroxyl groups is 1. The molecule has 0 bridgehead atoms. The summed E-state index contributed by atoms with van der Waals surface area (Å²) in [5.41, 5.74) is 1.03. The van der Waals surface area contributed by atoms with Crippen LogP contribution in [0.15, 0.2) is 48.0 Å². The third-order valence-corrected chi connectivity index (χ3v) is 4.36. The van der Waals surface area contributed by atoms with E-state index in [-0.39, 0.29) is 18.1 Å². The molecule has 1 saturated heterocycles. The Hall–Kier alpha value is -3.48. The van der Waals surface area contributed by atoms with E-state index < -0.39 is 17.7 Å². The second-order valence-corrected chi connectivity index (χ2v) is 5.84. The number of rotatable bonds is 3. The number of carbonyl (C=O) groups excluding carboxylic acids is 2. The fraction of sp³-hybridized carbons (Fsp3) is 0.158. The Morgan fingerprint density at radius 3 is 2.58 bits per heavy atom. The van der Waals surface area contributed by atoms with Crippen molar-refractivity contribution in [3.63, 3.8) is 0 Å². The van der Waals surface area contributed by atoms with Gasteiger partial charge in [0.15, 0.2) is 11.5 Å². The summed E-state index contributed by atoms with van der Waals surface area (Å²) < 4.78 is 15.7. The number of amides is 1. The summed E-state index contributed by atoms with van der Waals surface area (Å²) in [6, 6.07) is 10.9. The van der Waals surface area contributed by atoms with Crippen molar-refractivity contribution < 1.29 is 28.9 Å². The van der Waals surface area contributed by atoms with E-state index in [0.717, 1.165) is 0 Å². The minimum atomic E-state index is -0.772. The van der Waals surface area contributed by atoms with Crippen molar-refractivity contribution in [1.29, 1.82) is 0 Å². The molecule has 2 N–H and O–H groups in total. The van der Waals surface area contributed by atoms with E-state index in [0.29, 0.717) is 28.4 Å². The minimum Gasteiger partial charge on any atom is -0.507 e. The second kappa shape index (κ2) is 6.11. The van der Waals surface area contributed by atoms with Crippen LogP contribution in [0.1, 0.15) is 17.2 Å². The molecule has 26 heavy (non-hydrogen) atoms. The van der Waals surface area contributed by atoms with Crippen LogP contribution in [0, 0.1) is 0 Å². The molecular formula is C19H15NO6. The first-order chi connectivity index (χ1) is 12.6. The Labute approximate surface area is 148 Å². The molecule has 0 saturated carbocycles. The SMILES string of the molecule is COc1ccc(C(O)=C2C(=O)C(=O)N[C@@H]2c2ccc3c(c2)OCO3)cc1. The average molecular weight is 353 g/mol. The minimum absolute atomic E-state index is 0.000896. The molecule has 0 aromatic heterocycles. The predicted octanol–water partition coefficient (Wildman–Crippen LogP) is 2.13. The highest BCUT2D eigenvalue weighted by atomic mass is 16.7. The summed E-state index contributed by atoms with van der Waals surface area (Å²) in [4.78, 5) is 24.3. The zero-order valence-corrected chi connectivity index (χ0v) is 13.8. The van der Waals surface area contributed by atoms with Crippen LogP contribution in [0.25, 0.3) is 5.76 Å². The van der Waals surface area contributed by atoms with Crippen LogP contribution < -0.4 is 19.5 Å². The molecule has 2 aromatic carbocycles. The van der Waals surface area contributed by atoms with Gasteiger partial charge in [0.2, 0.25) is 6.79 Å². The fourth-order valence-corrected chi connectivity index (χ4v) is 3.01. The third-order valence-electron chi connectivity index (χ3n) is 4.36. The van der Waals surface area contributed by atoms with Crippen molar-refractivity contribution in [3.8, 4) is 17.2 Å². The molecule has 132 valence electrons. The molecule has 1 atom stereocenters. The van der Waals surface area contributed by atoms with Gasteiger partial charge >= 0.3 is 0 Å². The van der Waals surface area contributed by atoms with Crippen LogP contribution in [0.2, 0.25) is 0 Å². The molecule has 7 nitrogen and oxygen atoms in total. The first-order valence-electron chi connectivity index (χ1n) is 7.91. The number of Topliss-reactive ketones (excluding diaryl/α,β-unsaturated/α-hetero) is 1. The standard InChI is InChI=1S/C19H15NO6/c1-24-12-5-2-10(3-6-12)17(21)15-16(20-19(23)18(15)22)11-4-7-13-14(8-11)26-9-25-13/h2-8,16,21H,9H2,1H3,(H,20,23)/t16-/m1/s1. The summed E-state index contributed by atoms with van der Waals surface area (Å²) in [6.07, 6.45) is 0. The van der Waals surface area contributed by atoms with Gasteiger partial charge in [0.1, 0.15) is 11.5 Å². The van der Waals surface area contributed by atoms with E-state index in [1.807, 2.05) is 0 Å². The highest BCUT2D eigenvalue weighted by Gasteiger charge is 2.40. The lowest BCUT2D eigenvalue weighted by atomic mass is 9.95. The summed E-state index contributed by atoms with van der Waals surface area (Å²) in [5, 5.41) is 13.3. The Morgan fingerprint density at radius 1 is 1.12 bits per heavy atom. The number of carbonyl (C=O) groups is 2. The average Bonchev–Trinajstić information content (AvgIpc) is 3.25. The van der Waals surface area contributed by atoms with Crippen molar-refractivity contribution in [2.75, 3.05) is 13.9 Å². The van der Waals surface area contributed by atoms with Crippen LogP contribution in [-0.2, 0) is 9.59 Å². The molecule has 1 amide bonds. The van der Waals surface area contributed by atoms with Crippen molar-refractivity contribution in [2.24, 2.45) is 0 Å².